The lowest BCUT2D eigenvalue weighted by Crippen LogP contribution is -2.14. The molecule has 102 valence electrons. The van der Waals surface area contributed by atoms with Crippen molar-refractivity contribution >= 4 is 0 Å². The summed E-state index contributed by atoms with van der Waals surface area (Å²) >= 11 is 0. The van der Waals surface area contributed by atoms with Gasteiger partial charge in [-0.2, -0.15) is 4.98 Å². The molecule has 3 rings (SSSR count). The number of aromatic amines is 1. The van der Waals surface area contributed by atoms with Crippen LogP contribution in [0.4, 0.5) is 0 Å². The van der Waals surface area contributed by atoms with Crippen LogP contribution in [0.5, 0.6) is 0 Å². The molecule has 8 nitrogen and oxygen atoms in total. The molecule has 0 fully saturated rings. The lowest BCUT2D eigenvalue weighted by atomic mass is 10.2. The van der Waals surface area contributed by atoms with E-state index in [1.165, 1.54) is 0 Å². The third-order valence-corrected chi connectivity index (χ3v) is 2.76. The fraction of sp³-hybridized carbons (Fsp3) is 0.250. The maximum Gasteiger partial charge on any atom is 0.244 e. The van der Waals surface area contributed by atoms with Crippen molar-refractivity contribution in [3.63, 3.8) is 0 Å². The molecule has 0 aliphatic heterocycles. The fourth-order valence-electron chi connectivity index (χ4n) is 1.79. The van der Waals surface area contributed by atoms with Gasteiger partial charge in [0.05, 0.1) is 12.4 Å². The Morgan fingerprint density at radius 1 is 1.40 bits per heavy atom. The summed E-state index contributed by atoms with van der Waals surface area (Å²) in [6.07, 6.45) is 5.51. The van der Waals surface area contributed by atoms with Crippen LogP contribution in [-0.4, -0.2) is 30.1 Å². The Bertz CT molecular complexity index is 691. The first-order valence-electron chi connectivity index (χ1n) is 6.09. The van der Waals surface area contributed by atoms with Gasteiger partial charge in [0.2, 0.25) is 11.7 Å². The molecule has 0 aliphatic carbocycles. The van der Waals surface area contributed by atoms with Crippen molar-refractivity contribution in [1.82, 2.24) is 30.1 Å². The van der Waals surface area contributed by atoms with Gasteiger partial charge < -0.3 is 15.2 Å². The first-order chi connectivity index (χ1) is 9.72. The molecular formula is C12H13N7O. The van der Waals surface area contributed by atoms with Crippen molar-refractivity contribution in [1.29, 1.82) is 0 Å². The zero-order valence-electron chi connectivity index (χ0n) is 10.8. The van der Waals surface area contributed by atoms with Crippen molar-refractivity contribution in [2.24, 2.45) is 5.73 Å². The minimum Gasteiger partial charge on any atom is -0.348 e. The van der Waals surface area contributed by atoms with E-state index in [1.807, 2.05) is 0 Å². The van der Waals surface area contributed by atoms with Gasteiger partial charge in [-0.15, -0.1) is 0 Å². The average Bonchev–Trinajstić information content (AvgIpc) is 3.09. The molecule has 3 heterocycles. The number of nitrogens with two attached hydrogens (primary N) is 1. The van der Waals surface area contributed by atoms with E-state index in [0.717, 1.165) is 5.69 Å². The van der Waals surface area contributed by atoms with Crippen molar-refractivity contribution in [3.8, 4) is 11.5 Å². The van der Waals surface area contributed by atoms with E-state index in [9.17, 15) is 0 Å². The predicted octanol–water partition coefficient (Wildman–Crippen LogP) is 0.801. The molecule has 3 aromatic rings. The summed E-state index contributed by atoms with van der Waals surface area (Å²) in [6, 6.07) is 1.34. The fourth-order valence-corrected chi connectivity index (χ4v) is 1.79. The zero-order valence-corrected chi connectivity index (χ0v) is 10.8. The molecule has 0 aliphatic rings. The topological polar surface area (TPSA) is 119 Å². The molecule has 0 unspecified atom stereocenters. The third kappa shape index (κ3) is 2.54. The van der Waals surface area contributed by atoms with Gasteiger partial charge in [0, 0.05) is 24.5 Å². The molecule has 0 radical (unpaired) electrons. The van der Waals surface area contributed by atoms with E-state index in [4.69, 9.17) is 10.3 Å². The average molecular weight is 271 g/mol. The molecule has 1 atom stereocenters. The van der Waals surface area contributed by atoms with Gasteiger partial charge in [0.25, 0.3) is 0 Å². The van der Waals surface area contributed by atoms with Gasteiger partial charge in [-0.25, -0.2) is 15.0 Å². The van der Waals surface area contributed by atoms with Crippen LogP contribution < -0.4 is 5.73 Å². The summed E-state index contributed by atoms with van der Waals surface area (Å²) < 4.78 is 5.19. The van der Waals surface area contributed by atoms with E-state index in [2.05, 4.69) is 30.1 Å². The summed E-state index contributed by atoms with van der Waals surface area (Å²) in [4.78, 5) is 19.5. The van der Waals surface area contributed by atoms with Crippen molar-refractivity contribution in [2.75, 3.05) is 0 Å². The molecule has 0 bridgehead atoms. The minimum atomic E-state index is -0.389. The van der Waals surface area contributed by atoms with Crippen LogP contribution in [0.25, 0.3) is 11.5 Å². The molecule has 0 amide bonds. The SMILES string of the molecule is Cc1nccc(-c2noc([C@H](N)Cc3cnc[nH]3)n2)n1. The number of aromatic nitrogens is 6. The molecule has 0 spiro atoms. The summed E-state index contributed by atoms with van der Waals surface area (Å²) in [6.45, 7) is 1.80. The van der Waals surface area contributed by atoms with Crippen LogP contribution in [0.1, 0.15) is 23.5 Å². The number of nitrogens with zero attached hydrogens (tertiary/aromatic N) is 5. The number of rotatable bonds is 4. The van der Waals surface area contributed by atoms with Gasteiger partial charge in [-0.05, 0) is 13.0 Å². The number of aryl methyl sites for hydroxylation is 1. The summed E-state index contributed by atoms with van der Waals surface area (Å²) in [5.74, 6) is 1.42. The summed E-state index contributed by atoms with van der Waals surface area (Å²) in [7, 11) is 0. The molecule has 3 aromatic heterocycles. The first-order valence-corrected chi connectivity index (χ1v) is 6.09. The van der Waals surface area contributed by atoms with Gasteiger partial charge in [-0.3, -0.25) is 0 Å². The molecule has 0 aromatic carbocycles. The van der Waals surface area contributed by atoms with Crippen molar-refractivity contribution in [3.05, 3.63) is 42.2 Å². The second kappa shape index (κ2) is 5.17. The molecule has 20 heavy (non-hydrogen) atoms. The van der Waals surface area contributed by atoms with Crippen LogP contribution in [0.3, 0.4) is 0 Å². The number of imidazole rings is 1. The smallest absolute Gasteiger partial charge is 0.244 e. The molecule has 8 heteroatoms. The van der Waals surface area contributed by atoms with Crippen molar-refractivity contribution < 1.29 is 4.52 Å². The Balaban J connectivity index is 1.79. The second-order valence-corrected chi connectivity index (χ2v) is 4.33. The van der Waals surface area contributed by atoms with Crippen molar-refractivity contribution in [2.45, 2.75) is 19.4 Å². The maximum atomic E-state index is 6.03. The summed E-state index contributed by atoms with van der Waals surface area (Å²) in [5.41, 5.74) is 7.56. The van der Waals surface area contributed by atoms with Crippen LogP contribution in [0, 0.1) is 6.92 Å². The highest BCUT2D eigenvalue weighted by molar-refractivity contribution is 5.47. The van der Waals surface area contributed by atoms with Gasteiger partial charge >= 0.3 is 0 Å². The van der Waals surface area contributed by atoms with Crippen LogP contribution in [-0.2, 0) is 6.42 Å². The summed E-state index contributed by atoms with van der Waals surface area (Å²) in [5, 5.41) is 3.90. The van der Waals surface area contributed by atoms with Gasteiger partial charge in [-0.1, -0.05) is 5.16 Å². The number of H-pyrrole nitrogens is 1. The van der Waals surface area contributed by atoms with Crippen LogP contribution in [0.15, 0.2) is 29.3 Å². The van der Waals surface area contributed by atoms with E-state index in [-0.39, 0.29) is 6.04 Å². The Hall–Kier alpha value is -2.61. The van der Waals surface area contributed by atoms with E-state index in [0.29, 0.717) is 29.7 Å². The third-order valence-electron chi connectivity index (χ3n) is 2.76. The second-order valence-electron chi connectivity index (χ2n) is 4.33. The molecular weight excluding hydrogens is 258 g/mol. The lowest BCUT2D eigenvalue weighted by Gasteiger charge is -2.03. The number of nitrogens with one attached hydrogen (secondary N) is 1. The lowest BCUT2D eigenvalue weighted by molar-refractivity contribution is 0.354. The van der Waals surface area contributed by atoms with E-state index in [1.54, 1.807) is 31.7 Å². The molecule has 0 saturated carbocycles. The Morgan fingerprint density at radius 3 is 3.05 bits per heavy atom. The Labute approximate surface area is 114 Å². The highest BCUT2D eigenvalue weighted by Crippen LogP contribution is 2.17. The Morgan fingerprint density at radius 2 is 2.30 bits per heavy atom. The molecule has 0 saturated heterocycles. The monoisotopic (exact) mass is 271 g/mol. The molecule has 3 N–H and O–H groups in total. The van der Waals surface area contributed by atoms with Crippen LogP contribution >= 0.6 is 0 Å². The number of hydrogen-bond donors (Lipinski definition) is 2. The largest absolute Gasteiger partial charge is 0.348 e. The highest BCUT2D eigenvalue weighted by Gasteiger charge is 2.17. The Kier molecular flexibility index (Phi) is 3.21. The van der Waals surface area contributed by atoms with E-state index >= 15 is 0 Å². The van der Waals surface area contributed by atoms with Gasteiger partial charge in [0.15, 0.2) is 0 Å². The zero-order chi connectivity index (χ0) is 13.9. The van der Waals surface area contributed by atoms with Gasteiger partial charge in [0.1, 0.15) is 11.5 Å². The van der Waals surface area contributed by atoms with E-state index < -0.39 is 0 Å². The predicted molar refractivity (Wildman–Crippen MR) is 69.3 cm³/mol. The highest BCUT2D eigenvalue weighted by atomic mass is 16.5. The van der Waals surface area contributed by atoms with Crippen LogP contribution in [0.2, 0.25) is 0 Å². The standard InChI is InChI=1S/C12H13N7O/c1-7-15-3-2-10(17-7)11-18-12(20-19-11)9(13)4-8-5-14-6-16-8/h2-3,5-6,9H,4,13H2,1H3,(H,14,16)/t9-/m1/s1. The first kappa shape index (κ1) is 12.4. The minimum absolute atomic E-state index is 0.367. The maximum absolute atomic E-state index is 6.03. The normalized spacial score (nSPS) is 12.5. The quantitative estimate of drug-likeness (QED) is 0.720. The number of hydrogen-bond acceptors (Lipinski definition) is 7.